The van der Waals surface area contributed by atoms with Crippen molar-refractivity contribution in [3.8, 4) is 5.75 Å². The van der Waals surface area contributed by atoms with Crippen LogP contribution in [-0.4, -0.2) is 17.9 Å². The van der Waals surface area contributed by atoms with E-state index in [9.17, 15) is 18.1 Å². The Morgan fingerprint density at radius 2 is 2.05 bits per heavy atom. The summed E-state index contributed by atoms with van der Waals surface area (Å²) >= 11 is 1.23. The first-order chi connectivity index (χ1) is 9.23. The lowest BCUT2D eigenvalue weighted by Gasteiger charge is -2.16. The van der Waals surface area contributed by atoms with E-state index in [1.807, 2.05) is 0 Å². The maximum atomic E-state index is 12.3. The highest BCUT2D eigenvalue weighted by atomic mass is 32.1. The predicted octanol–water partition coefficient (Wildman–Crippen LogP) is 4.24. The first kappa shape index (κ1) is 14.7. The molecule has 1 heterocycles. The molecule has 0 atom stereocenters. The zero-order valence-corrected chi connectivity index (χ0v) is 11.5. The Hall–Kier alpha value is -1.70. The first-order valence-electron chi connectivity index (χ1n) is 5.68. The van der Waals surface area contributed by atoms with E-state index in [2.05, 4.69) is 14.9 Å². The molecule has 8 heteroatoms. The number of thiazole rings is 1. The van der Waals surface area contributed by atoms with Crippen molar-refractivity contribution in [2.24, 2.45) is 5.18 Å². The third kappa shape index (κ3) is 3.06. The minimum atomic E-state index is -4.77. The van der Waals surface area contributed by atoms with Crippen molar-refractivity contribution in [3.63, 3.8) is 0 Å². The van der Waals surface area contributed by atoms with E-state index in [0.717, 1.165) is 0 Å². The van der Waals surface area contributed by atoms with E-state index in [-0.39, 0.29) is 17.8 Å². The molecule has 1 aromatic carbocycles. The third-order valence-electron chi connectivity index (χ3n) is 2.65. The molecule has 0 unspecified atom stereocenters. The van der Waals surface area contributed by atoms with Gasteiger partial charge < -0.3 is 4.74 Å². The molecule has 0 aliphatic carbocycles. The lowest BCUT2D eigenvalue weighted by molar-refractivity contribution is -0.274. The summed E-state index contributed by atoms with van der Waals surface area (Å²) in [5, 5.41) is 3.39. The number of fused-ring (bicyclic) bond motifs is 1. The Kier molecular flexibility index (Phi) is 3.68. The summed E-state index contributed by atoms with van der Waals surface area (Å²) in [7, 11) is 0. The maximum Gasteiger partial charge on any atom is 0.573 e. The van der Waals surface area contributed by atoms with Crippen molar-refractivity contribution >= 4 is 21.6 Å². The number of halogens is 3. The van der Waals surface area contributed by atoms with Crippen LogP contribution in [0.25, 0.3) is 10.2 Å². The molecule has 0 aliphatic heterocycles. The lowest BCUT2D eigenvalue weighted by Crippen LogP contribution is -2.20. The second-order valence-electron chi connectivity index (χ2n) is 4.84. The van der Waals surface area contributed by atoms with E-state index in [1.165, 1.54) is 23.5 Å². The largest absolute Gasteiger partial charge is 0.573 e. The molecule has 0 radical (unpaired) electrons. The van der Waals surface area contributed by atoms with Crippen molar-refractivity contribution in [2.45, 2.75) is 25.6 Å². The highest BCUT2D eigenvalue weighted by Crippen LogP contribution is 2.37. The molecular formula is C12H11F3N2O2S. The molecule has 0 N–H and O–H groups in total. The fraction of sp³-hybridized carbons (Fsp3) is 0.417. The van der Waals surface area contributed by atoms with Gasteiger partial charge in [-0.3, -0.25) is 0 Å². The van der Waals surface area contributed by atoms with Gasteiger partial charge in [0.05, 0.1) is 11.2 Å². The molecule has 0 fully saturated rings. The number of hydrogen-bond acceptors (Lipinski definition) is 5. The monoisotopic (exact) mass is 304 g/mol. The van der Waals surface area contributed by atoms with Crippen LogP contribution in [0.2, 0.25) is 0 Å². The van der Waals surface area contributed by atoms with Crippen molar-refractivity contribution in [3.05, 3.63) is 28.1 Å². The van der Waals surface area contributed by atoms with Gasteiger partial charge in [0.2, 0.25) is 0 Å². The number of aromatic nitrogens is 1. The molecule has 0 aliphatic rings. The van der Waals surface area contributed by atoms with Gasteiger partial charge in [-0.15, -0.1) is 24.5 Å². The number of alkyl halides is 3. The van der Waals surface area contributed by atoms with Gasteiger partial charge in [-0.05, 0) is 12.1 Å². The minimum absolute atomic E-state index is 0.00227. The number of rotatable bonds is 4. The molecule has 1 aromatic heterocycles. The van der Waals surface area contributed by atoms with Crippen molar-refractivity contribution in [2.75, 3.05) is 6.54 Å². The van der Waals surface area contributed by atoms with Crippen LogP contribution in [0.5, 0.6) is 5.75 Å². The number of hydrogen-bond donors (Lipinski definition) is 0. The first-order valence-corrected chi connectivity index (χ1v) is 6.49. The molecule has 0 amide bonds. The summed E-state index contributed by atoms with van der Waals surface area (Å²) in [6, 6.07) is 4.34. The quantitative estimate of drug-likeness (QED) is 0.794. The van der Waals surface area contributed by atoms with Gasteiger partial charge in [-0.1, -0.05) is 25.1 Å². The van der Waals surface area contributed by atoms with Gasteiger partial charge in [0.15, 0.2) is 5.75 Å². The Morgan fingerprint density at radius 3 is 2.65 bits per heavy atom. The molecule has 2 aromatic rings. The van der Waals surface area contributed by atoms with Gasteiger partial charge in [-0.25, -0.2) is 4.98 Å². The maximum absolute atomic E-state index is 12.3. The molecule has 0 spiro atoms. The van der Waals surface area contributed by atoms with Crippen molar-refractivity contribution in [1.82, 2.24) is 4.98 Å². The number of ether oxygens (including phenoxy) is 1. The summed E-state index contributed by atoms with van der Waals surface area (Å²) in [4.78, 5) is 14.6. The fourth-order valence-electron chi connectivity index (χ4n) is 1.65. The van der Waals surface area contributed by atoms with Crippen molar-refractivity contribution in [1.29, 1.82) is 0 Å². The highest BCUT2D eigenvalue weighted by Gasteiger charge is 2.33. The van der Waals surface area contributed by atoms with E-state index >= 15 is 0 Å². The molecule has 108 valence electrons. The molecule has 0 bridgehead atoms. The summed E-state index contributed by atoms with van der Waals surface area (Å²) in [6.07, 6.45) is -4.77. The predicted molar refractivity (Wildman–Crippen MR) is 70.0 cm³/mol. The normalized spacial score (nSPS) is 12.7. The van der Waals surface area contributed by atoms with Crippen LogP contribution in [0.1, 0.15) is 18.9 Å². The topological polar surface area (TPSA) is 51.5 Å². The average Bonchev–Trinajstić information content (AvgIpc) is 2.72. The molecule has 2 rings (SSSR count). The van der Waals surface area contributed by atoms with Crippen LogP contribution in [-0.2, 0) is 5.41 Å². The van der Waals surface area contributed by atoms with Crippen molar-refractivity contribution < 1.29 is 17.9 Å². The Labute approximate surface area is 116 Å². The smallest absolute Gasteiger partial charge is 0.403 e. The standard InChI is InChI=1S/C12H11F3N2O2S/c1-11(2,6-16-18)10-17-9-7(19-12(13,14)15)4-3-5-8(9)20-10/h3-5H,6H2,1-2H3. The average molecular weight is 304 g/mol. The van der Waals surface area contributed by atoms with E-state index in [4.69, 9.17) is 0 Å². The zero-order valence-electron chi connectivity index (χ0n) is 10.7. The summed E-state index contributed by atoms with van der Waals surface area (Å²) < 4.78 is 41.5. The van der Waals surface area contributed by atoms with E-state index in [1.54, 1.807) is 19.9 Å². The Morgan fingerprint density at radius 1 is 1.35 bits per heavy atom. The van der Waals surface area contributed by atoms with Crippen LogP contribution in [0.4, 0.5) is 13.2 Å². The van der Waals surface area contributed by atoms with Gasteiger partial charge in [0, 0.05) is 5.41 Å². The van der Waals surface area contributed by atoms with Gasteiger partial charge >= 0.3 is 6.36 Å². The Balaban J connectivity index is 2.49. The van der Waals surface area contributed by atoms with Gasteiger partial charge in [-0.2, -0.15) is 4.91 Å². The fourth-order valence-corrected chi connectivity index (χ4v) is 2.72. The van der Waals surface area contributed by atoms with Crippen LogP contribution in [0.3, 0.4) is 0 Å². The molecular weight excluding hydrogens is 293 g/mol. The lowest BCUT2D eigenvalue weighted by atomic mass is 9.95. The molecule has 4 nitrogen and oxygen atoms in total. The zero-order chi connectivity index (χ0) is 15.0. The Bertz CT molecular complexity index is 637. The summed E-state index contributed by atoms with van der Waals surface area (Å²) in [5.74, 6) is -0.340. The summed E-state index contributed by atoms with van der Waals surface area (Å²) in [5.41, 5.74) is -0.482. The summed E-state index contributed by atoms with van der Waals surface area (Å²) in [6.45, 7) is 3.52. The van der Waals surface area contributed by atoms with Crippen LogP contribution < -0.4 is 4.74 Å². The van der Waals surface area contributed by atoms with Gasteiger partial charge in [0.1, 0.15) is 10.5 Å². The second-order valence-corrected chi connectivity index (χ2v) is 5.87. The van der Waals surface area contributed by atoms with Gasteiger partial charge in [0.25, 0.3) is 0 Å². The van der Waals surface area contributed by atoms with E-state index < -0.39 is 11.8 Å². The molecule has 0 saturated heterocycles. The number of nitrogens with zero attached hydrogens (tertiary/aromatic N) is 2. The number of benzene rings is 1. The third-order valence-corrected chi connectivity index (χ3v) is 4.03. The number of para-hydroxylation sites is 1. The number of nitroso groups, excluding NO2 is 1. The van der Waals surface area contributed by atoms with Crippen LogP contribution >= 0.6 is 11.3 Å². The minimum Gasteiger partial charge on any atom is -0.403 e. The van der Waals surface area contributed by atoms with Crippen LogP contribution in [0, 0.1) is 4.91 Å². The molecule has 0 saturated carbocycles. The molecule has 20 heavy (non-hydrogen) atoms. The van der Waals surface area contributed by atoms with E-state index in [0.29, 0.717) is 9.71 Å². The SMILES string of the molecule is CC(C)(CN=O)c1nc2c(OC(F)(F)F)cccc2s1. The second kappa shape index (κ2) is 5.01. The van der Waals surface area contributed by atoms with Crippen LogP contribution in [0.15, 0.2) is 23.4 Å². The highest BCUT2D eigenvalue weighted by molar-refractivity contribution is 7.18.